The Labute approximate surface area is 212 Å². The van der Waals surface area contributed by atoms with E-state index in [9.17, 15) is 9.18 Å². The minimum absolute atomic E-state index is 0.170. The van der Waals surface area contributed by atoms with E-state index in [1.54, 1.807) is 23.9 Å². The Morgan fingerprint density at radius 1 is 1.14 bits per heavy atom. The van der Waals surface area contributed by atoms with Crippen LogP contribution in [0.2, 0.25) is 0 Å². The fraction of sp³-hybridized carbons (Fsp3) is 0.481. The van der Waals surface area contributed by atoms with Crippen molar-refractivity contribution in [3.8, 4) is 11.4 Å². The molecule has 1 saturated heterocycles. The van der Waals surface area contributed by atoms with Crippen molar-refractivity contribution in [2.75, 3.05) is 38.0 Å². The minimum Gasteiger partial charge on any atom is -0.338 e. The maximum absolute atomic E-state index is 13.2. The van der Waals surface area contributed by atoms with Gasteiger partial charge in [0.05, 0.1) is 26.2 Å². The van der Waals surface area contributed by atoms with Crippen LogP contribution >= 0.6 is 0 Å². The van der Waals surface area contributed by atoms with Crippen LogP contribution in [0.25, 0.3) is 11.4 Å². The number of quaternary nitrogens is 1. The van der Waals surface area contributed by atoms with Crippen LogP contribution in [0.1, 0.15) is 38.2 Å². The van der Waals surface area contributed by atoms with Gasteiger partial charge in [-0.15, -0.1) is 5.10 Å². The van der Waals surface area contributed by atoms with E-state index >= 15 is 0 Å². The van der Waals surface area contributed by atoms with Crippen LogP contribution in [-0.4, -0.2) is 63.4 Å². The number of tetrazole rings is 1. The number of piperidine rings is 1. The smallest absolute Gasteiger partial charge is 0.319 e. The number of hydrogen-bond donors (Lipinski definition) is 2. The summed E-state index contributed by atoms with van der Waals surface area (Å²) in [6.45, 7) is 7.50. The van der Waals surface area contributed by atoms with Gasteiger partial charge in [0.2, 0.25) is 0 Å². The van der Waals surface area contributed by atoms with Gasteiger partial charge >= 0.3 is 6.03 Å². The van der Waals surface area contributed by atoms with E-state index in [0.717, 1.165) is 35.9 Å². The van der Waals surface area contributed by atoms with Crippen molar-refractivity contribution in [2.45, 2.75) is 39.0 Å². The van der Waals surface area contributed by atoms with Crippen LogP contribution in [0.3, 0.4) is 0 Å². The first kappa shape index (κ1) is 25.8. The number of rotatable bonds is 10. The Kier molecular flexibility index (Phi) is 8.64. The van der Waals surface area contributed by atoms with Gasteiger partial charge < -0.3 is 15.1 Å². The van der Waals surface area contributed by atoms with Gasteiger partial charge in [-0.25, -0.2) is 13.9 Å². The third-order valence-electron chi connectivity index (χ3n) is 7.25. The molecular weight excluding hydrogens is 457 g/mol. The maximum Gasteiger partial charge on any atom is 0.319 e. The van der Waals surface area contributed by atoms with E-state index < -0.39 is 0 Å². The van der Waals surface area contributed by atoms with E-state index in [4.69, 9.17) is 0 Å². The summed E-state index contributed by atoms with van der Waals surface area (Å²) in [5.41, 5.74) is 2.77. The van der Waals surface area contributed by atoms with Crippen LogP contribution in [0.4, 0.5) is 14.9 Å². The Hall–Kier alpha value is -3.33. The van der Waals surface area contributed by atoms with Crippen LogP contribution in [-0.2, 0) is 13.5 Å². The lowest BCUT2D eigenvalue weighted by Gasteiger charge is -2.44. The van der Waals surface area contributed by atoms with Gasteiger partial charge in [-0.1, -0.05) is 31.2 Å². The Balaban J connectivity index is 1.21. The molecule has 4 rings (SSSR count). The van der Waals surface area contributed by atoms with Crippen LogP contribution in [0.5, 0.6) is 0 Å². The van der Waals surface area contributed by atoms with Crippen molar-refractivity contribution in [3.05, 3.63) is 59.9 Å². The van der Waals surface area contributed by atoms with Gasteiger partial charge in [0.25, 0.3) is 0 Å². The van der Waals surface area contributed by atoms with Gasteiger partial charge in [-0.2, -0.15) is 0 Å². The van der Waals surface area contributed by atoms with Gasteiger partial charge in [-0.05, 0) is 71.9 Å². The van der Waals surface area contributed by atoms with Gasteiger partial charge in [0.1, 0.15) is 5.82 Å². The number of urea groups is 1. The largest absolute Gasteiger partial charge is 0.338 e. The molecule has 192 valence electrons. The normalized spacial score (nSPS) is 19.7. The number of aryl methyl sites for hydroxylation is 1. The first-order chi connectivity index (χ1) is 17.5. The molecule has 3 aromatic rings. The number of aromatic nitrogens is 4. The molecule has 9 heteroatoms. The average Bonchev–Trinajstić information content (AvgIpc) is 3.31. The monoisotopic (exact) mass is 494 g/mol. The predicted molar refractivity (Wildman–Crippen MR) is 139 cm³/mol. The lowest BCUT2D eigenvalue weighted by molar-refractivity contribution is -0.933. The summed E-state index contributed by atoms with van der Waals surface area (Å²) >= 11 is 0. The highest BCUT2D eigenvalue weighted by Gasteiger charge is 2.32. The second-order valence-electron chi connectivity index (χ2n) is 9.95. The first-order valence-electron chi connectivity index (χ1n) is 12.9. The number of nitrogens with zero attached hydrogens (tertiary/aromatic N) is 5. The SMILES string of the molecule is CCC[N+]1(CCCNC(=O)Nc2cccc(-c3nnnn3C)c2)CCC(Cc2ccc(F)cc2)CC1. The third kappa shape index (κ3) is 6.87. The summed E-state index contributed by atoms with van der Waals surface area (Å²) in [5.74, 6) is 1.14. The zero-order valence-electron chi connectivity index (χ0n) is 21.3. The quantitative estimate of drug-likeness (QED) is 0.323. The molecule has 0 aliphatic carbocycles. The van der Waals surface area contributed by atoms with Crippen molar-refractivity contribution in [1.82, 2.24) is 25.5 Å². The molecule has 0 saturated carbocycles. The summed E-state index contributed by atoms with van der Waals surface area (Å²) in [5, 5.41) is 17.5. The number of carbonyl (C=O) groups excluding carboxylic acids is 1. The number of carbonyl (C=O) groups is 1. The average molecular weight is 495 g/mol. The van der Waals surface area contributed by atoms with Crippen molar-refractivity contribution in [2.24, 2.45) is 13.0 Å². The molecule has 0 atom stereocenters. The summed E-state index contributed by atoms with van der Waals surface area (Å²) in [7, 11) is 1.78. The number of amides is 2. The second-order valence-corrected chi connectivity index (χ2v) is 9.95. The molecule has 1 fully saturated rings. The van der Waals surface area contributed by atoms with E-state index in [1.165, 1.54) is 38.0 Å². The van der Waals surface area contributed by atoms with E-state index in [1.807, 2.05) is 36.4 Å². The molecule has 2 heterocycles. The zero-order valence-corrected chi connectivity index (χ0v) is 21.3. The van der Waals surface area contributed by atoms with E-state index in [0.29, 0.717) is 24.0 Å². The molecule has 8 nitrogen and oxygen atoms in total. The zero-order chi connectivity index (χ0) is 25.4. The Bertz CT molecular complexity index is 1120. The molecule has 1 aromatic heterocycles. The lowest BCUT2D eigenvalue weighted by atomic mass is 9.88. The standard InChI is InChI=1S/C27H36FN7O/c1-3-15-35(17-12-22(13-18-35)19-21-8-10-24(28)11-9-21)16-5-14-29-27(36)30-25-7-4-6-23(20-25)26-31-32-33-34(26)2/h4,6-11,20,22H,3,5,12-19H2,1-2H3,(H-,29,30,36)/p+1. The van der Waals surface area contributed by atoms with Crippen molar-refractivity contribution < 1.29 is 13.7 Å². The number of nitrogens with one attached hydrogen (secondary N) is 2. The van der Waals surface area contributed by atoms with Crippen molar-refractivity contribution in [1.29, 1.82) is 0 Å². The van der Waals surface area contributed by atoms with Crippen LogP contribution in [0, 0.1) is 11.7 Å². The predicted octanol–water partition coefficient (Wildman–Crippen LogP) is 4.41. The molecule has 2 amide bonds. The highest BCUT2D eigenvalue weighted by molar-refractivity contribution is 5.89. The van der Waals surface area contributed by atoms with Crippen LogP contribution in [0.15, 0.2) is 48.5 Å². The third-order valence-corrected chi connectivity index (χ3v) is 7.25. The molecule has 1 aliphatic heterocycles. The maximum atomic E-state index is 13.2. The summed E-state index contributed by atoms with van der Waals surface area (Å²) < 4.78 is 15.9. The fourth-order valence-electron chi connectivity index (χ4n) is 5.36. The minimum atomic E-state index is -0.205. The van der Waals surface area contributed by atoms with E-state index in [2.05, 4.69) is 33.1 Å². The lowest BCUT2D eigenvalue weighted by Crippen LogP contribution is -2.54. The summed E-state index contributed by atoms with van der Waals surface area (Å²) in [6.07, 6.45) is 5.53. The number of hydrogen-bond acceptors (Lipinski definition) is 4. The molecule has 0 radical (unpaired) electrons. The second kappa shape index (κ2) is 12.1. The summed E-state index contributed by atoms with van der Waals surface area (Å²) in [6, 6.07) is 14.2. The Morgan fingerprint density at radius 3 is 2.61 bits per heavy atom. The fourth-order valence-corrected chi connectivity index (χ4v) is 5.36. The van der Waals surface area contributed by atoms with Gasteiger partial charge in [0.15, 0.2) is 5.82 Å². The van der Waals surface area contributed by atoms with Crippen molar-refractivity contribution in [3.63, 3.8) is 0 Å². The molecule has 0 unspecified atom stereocenters. The number of likely N-dealkylation sites (tertiary alicyclic amines) is 1. The number of anilines is 1. The first-order valence-corrected chi connectivity index (χ1v) is 12.9. The molecule has 36 heavy (non-hydrogen) atoms. The van der Waals surface area contributed by atoms with E-state index in [-0.39, 0.29) is 11.8 Å². The number of halogens is 1. The highest BCUT2D eigenvalue weighted by Crippen LogP contribution is 2.27. The van der Waals surface area contributed by atoms with Gasteiger partial charge in [0, 0.05) is 31.3 Å². The summed E-state index contributed by atoms with van der Waals surface area (Å²) in [4.78, 5) is 12.5. The highest BCUT2D eigenvalue weighted by atomic mass is 19.1. The van der Waals surface area contributed by atoms with Crippen molar-refractivity contribution >= 4 is 11.7 Å². The molecule has 1 aliphatic rings. The molecule has 0 bridgehead atoms. The van der Waals surface area contributed by atoms with Crippen LogP contribution < -0.4 is 10.6 Å². The number of benzene rings is 2. The molecular formula is C27H37FN7O+. The molecule has 0 spiro atoms. The van der Waals surface area contributed by atoms with Gasteiger partial charge in [-0.3, -0.25) is 0 Å². The topological polar surface area (TPSA) is 84.7 Å². The molecule has 2 aromatic carbocycles. The molecule has 2 N–H and O–H groups in total. The Morgan fingerprint density at radius 2 is 1.92 bits per heavy atom.